The van der Waals surface area contributed by atoms with Crippen LogP contribution in [0.5, 0.6) is 5.75 Å². The largest absolute Gasteiger partial charge is 0.490 e. The van der Waals surface area contributed by atoms with Gasteiger partial charge in [0.05, 0.1) is 16.7 Å². The first-order valence-corrected chi connectivity index (χ1v) is 40.8. The van der Waals surface area contributed by atoms with Gasteiger partial charge in [-0.2, -0.15) is 0 Å². The van der Waals surface area contributed by atoms with Gasteiger partial charge in [0.1, 0.15) is 17.7 Å². The van der Waals surface area contributed by atoms with Crippen molar-refractivity contribution >= 4 is 109 Å². The molecule has 564 valence electrons. The van der Waals surface area contributed by atoms with Gasteiger partial charge in [-0.3, -0.25) is 14.4 Å². The quantitative estimate of drug-likeness (QED) is 0.0486. The summed E-state index contributed by atoms with van der Waals surface area (Å²) in [5.74, 6) is 0.251. The first-order chi connectivity index (χ1) is 52.8. The lowest BCUT2D eigenvalue weighted by Gasteiger charge is -2.36. The van der Waals surface area contributed by atoms with Crippen molar-refractivity contribution in [2.24, 2.45) is 0 Å². The highest BCUT2D eigenvalue weighted by molar-refractivity contribution is 8.00. The van der Waals surface area contributed by atoms with Gasteiger partial charge in [-0.15, -0.1) is 11.8 Å². The molecule has 0 aliphatic carbocycles. The number of likely N-dealkylation sites (tertiary alicyclic amines) is 4. The van der Waals surface area contributed by atoms with Crippen molar-refractivity contribution < 1.29 is 23.5 Å². The summed E-state index contributed by atoms with van der Waals surface area (Å²) in [6.45, 7) is 16.3. The Bertz CT molecular complexity index is 4540. The first-order valence-electron chi connectivity index (χ1n) is 38.4. The number of rotatable bonds is 26. The molecule has 20 heteroatoms. The maximum absolute atomic E-state index is 13.1. The molecule has 108 heavy (non-hydrogen) atoms. The summed E-state index contributed by atoms with van der Waals surface area (Å²) < 4.78 is 25.8. The van der Waals surface area contributed by atoms with E-state index >= 15 is 0 Å². The first kappa shape index (κ1) is 78.0. The van der Waals surface area contributed by atoms with E-state index in [4.69, 9.17) is 51.1 Å². The smallest absolute Gasteiger partial charge is 0.253 e. The lowest BCUT2D eigenvalue weighted by molar-refractivity contribution is 0.0944. The predicted octanol–water partition coefficient (Wildman–Crippen LogP) is 19.0. The molecule has 4 fully saturated rings. The average Bonchev–Trinajstić information content (AvgIpc) is 1.66. The number of aryl methyl sites for hydroxylation is 3. The van der Waals surface area contributed by atoms with Gasteiger partial charge in [0, 0.05) is 140 Å². The third-order valence-electron chi connectivity index (χ3n) is 21.4. The molecule has 7 heterocycles. The molecule has 8 aromatic carbocycles. The Hall–Kier alpha value is -8.13. The van der Waals surface area contributed by atoms with E-state index in [9.17, 15) is 18.8 Å². The van der Waals surface area contributed by atoms with Gasteiger partial charge >= 0.3 is 0 Å². The molecule has 0 spiro atoms. The number of amides is 3. The van der Waals surface area contributed by atoms with Crippen molar-refractivity contribution in [2.45, 2.75) is 132 Å². The van der Waals surface area contributed by atoms with E-state index in [1.165, 1.54) is 81.7 Å². The lowest BCUT2D eigenvalue weighted by Crippen LogP contribution is -2.44. The Morgan fingerprint density at radius 1 is 0.407 bits per heavy atom. The van der Waals surface area contributed by atoms with E-state index in [2.05, 4.69) is 79.6 Å². The van der Waals surface area contributed by atoms with Crippen LogP contribution in [0.2, 0.25) is 20.1 Å². The Morgan fingerprint density at radius 3 is 1.17 bits per heavy atom. The number of aromatic nitrogens is 3. The number of ether oxygens (including phenoxy) is 1. The number of para-hydroxylation sites is 3. The zero-order chi connectivity index (χ0) is 74.6. The number of halogens is 5. The highest BCUT2D eigenvalue weighted by Crippen LogP contribution is 2.33. The summed E-state index contributed by atoms with van der Waals surface area (Å²) in [6.07, 6.45) is 19.0. The molecule has 4 aliphatic heterocycles. The molecule has 0 bridgehead atoms. The van der Waals surface area contributed by atoms with Crippen molar-refractivity contribution in [1.29, 1.82) is 0 Å². The molecule has 0 radical (unpaired) electrons. The van der Waals surface area contributed by atoms with Crippen molar-refractivity contribution in [3.05, 3.63) is 272 Å². The number of carbonyl (C=O) groups excluding carboxylic acids is 3. The normalized spacial score (nSPS) is 15.8. The van der Waals surface area contributed by atoms with Gasteiger partial charge in [-0.1, -0.05) is 156 Å². The molecule has 0 unspecified atom stereocenters. The van der Waals surface area contributed by atoms with Crippen molar-refractivity contribution in [3.63, 3.8) is 0 Å². The second-order valence-electron chi connectivity index (χ2n) is 28.7. The SMILES string of the molecule is O=C(NCc1ccccc1Cl)c1cn(CCCN2CCC(N3CCCC3)CC2)c2ccccc12.O=C(NCc1ccccc1Cl)c1cn(CCCN2CCC(Oc3ccc(F)cc3)CC2)c2ccccc12.O=C(NCc1ccccc1Cl)c1cn(CCCN2CCC(Sc3ccc(Cl)cc3)CC2)c2ccccc12. The predicted molar refractivity (Wildman–Crippen MR) is 441 cm³/mol. The van der Waals surface area contributed by atoms with Gasteiger partial charge in [0.25, 0.3) is 17.7 Å². The number of nitrogens with one attached hydrogen (secondary N) is 3. The molecule has 3 aromatic heterocycles. The average molecular weight is 1550 g/mol. The van der Waals surface area contributed by atoms with Crippen molar-refractivity contribution in [3.8, 4) is 5.75 Å². The molecule has 3 N–H and O–H groups in total. The van der Waals surface area contributed by atoms with Crippen LogP contribution in [0.3, 0.4) is 0 Å². The summed E-state index contributed by atoms with van der Waals surface area (Å²) in [7, 11) is 0. The van der Waals surface area contributed by atoms with Crippen LogP contribution in [0.25, 0.3) is 32.7 Å². The molecule has 11 aromatic rings. The summed E-state index contributed by atoms with van der Waals surface area (Å²) in [6, 6.07) is 62.4. The zero-order valence-corrected chi connectivity index (χ0v) is 65.1. The van der Waals surface area contributed by atoms with E-state index < -0.39 is 0 Å². The van der Waals surface area contributed by atoms with Gasteiger partial charge in [-0.25, -0.2) is 4.39 Å². The lowest BCUT2D eigenvalue weighted by atomic mass is 10.0. The minimum absolute atomic E-state index is 0.0566. The van der Waals surface area contributed by atoms with E-state index in [-0.39, 0.29) is 29.6 Å². The van der Waals surface area contributed by atoms with Crippen LogP contribution in [0.4, 0.5) is 4.39 Å². The molecular formula is C88H97Cl4FN10O4S. The number of hydrogen-bond acceptors (Lipinski definition) is 9. The molecule has 4 aliphatic rings. The highest BCUT2D eigenvalue weighted by Gasteiger charge is 2.28. The number of nitrogens with zero attached hydrogens (tertiary/aromatic N) is 7. The van der Waals surface area contributed by atoms with Crippen molar-refractivity contribution in [2.75, 3.05) is 72.0 Å². The number of hydrogen-bond donors (Lipinski definition) is 3. The molecule has 4 saturated heterocycles. The van der Waals surface area contributed by atoms with Gasteiger partial charge in [0.2, 0.25) is 0 Å². The van der Waals surface area contributed by atoms with Gasteiger partial charge in [-0.05, 0) is 231 Å². The number of carbonyl (C=O) groups is 3. The number of thioether (sulfide) groups is 1. The summed E-state index contributed by atoms with van der Waals surface area (Å²) in [5, 5.41) is 15.5. The van der Waals surface area contributed by atoms with E-state index in [1.807, 2.05) is 170 Å². The second-order valence-corrected chi connectivity index (χ2v) is 31.7. The Kier molecular flexibility index (Phi) is 28.2. The van der Waals surface area contributed by atoms with Crippen LogP contribution in [0.15, 0.2) is 218 Å². The maximum atomic E-state index is 13.1. The Morgan fingerprint density at radius 2 is 0.769 bits per heavy atom. The van der Waals surface area contributed by atoms with E-state index in [1.54, 1.807) is 12.1 Å². The van der Waals surface area contributed by atoms with Crippen molar-refractivity contribution in [1.82, 2.24) is 49.3 Å². The van der Waals surface area contributed by atoms with E-state index in [0.717, 1.165) is 169 Å². The molecule has 15 rings (SSSR count). The summed E-state index contributed by atoms with van der Waals surface area (Å²) in [5.41, 5.74) is 8.15. The van der Waals surface area contributed by atoms with Crippen LogP contribution in [0.1, 0.15) is 118 Å². The fourth-order valence-electron chi connectivity index (χ4n) is 15.5. The molecule has 14 nitrogen and oxygen atoms in total. The third-order valence-corrected chi connectivity index (χ3v) is 24.1. The standard InChI is InChI=1S/C30H31Cl2N3OS.C30H31ClFN3O2.C28H35ClN4O/c31-23-10-12-24(13-11-23)37-25-14-18-34(19-15-25)16-5-17-35-21-27(26-7-2-4-9-29(26)35)30(36)33-20-22-6-1-3-8-28(22)32;31-28-8-3-1-6-22(28)20-33-30(36)27-21-35(29-9-4-2-7-26(27)29)17-5-16-34-18-14-25(15-19-34)37-24-12-10-23(32)11-13-24;29-26-10-3-1-8-22(26)20-30-28(34)25-21-33(27-11-4-2-9-24(25)27)17-7-14-31-18-12-23(13-19-31)32-15-5-6-16-32/h2*1-4,6-13,21,25H,5,14-20H2,(H,33,36);1-4,8-11,21,23H,5-7,12-20H2,(H,30,34). The van der Waals surface area contributed by atoms with Gasteiger partial charge < -0.3 is 54.0 Å². The number of piperidine rings is 3. The summed E-state index contributed by atoms with van der Waals surface area (Å²) in [4.78, 5) is 50.8. The topological polar surface area (TPSA) is 124 Å². The Balaban J connectivity index is 0.000000143. The van der Waals surface area contributed by atoms with Crippen LogP contribution >= 0.6 is 58.2 Å². The maximum Gasteiger partial charge on any atom is 0.253 e. The van der Waals surface area contributed by atoms with E-state index in [0.29, 0.717) is 51.1 Å². The number of fused-ring (bicyclic) bond motifs is 3. The Labute approximate surface area is 658 Å². The fourth-order valence-corrected chi connectivity index (χ4v) is 17.4. The van der Waals surface area contributed by atoms with Crippen LogP contribution in [-0.4, -0.2) is 140 Å². The zero-order valence-electron chi connectivity index (χ0n) is 61.3. The monoisotopic (exact) mass is 1550 g/mol. The van der Waals surface area contributed by atoms with Gasteiger partial charge in [0.15, 0.2) is 0 Å². The van der Waals surface area contributed by atoms with Crippen LogP contribution < -0.4 is 20.7 Å². The van der Waals surface area contributed by atoms with Crippen LogP contribution in [-0.2, 0) is 39.3 Å². The third kappa shape index (κ3) is 21.3. The minimum atomic E-state index is -0.248. The molecule has 0 atom stereocenters. The molecular weight excluding hydrogens is 1450 g/mol. The van der Waals surface area contributed by atoms with Crippen LogP contribution in [0, 0.1) is 5.82 Å². The highest BCUT2D eigenvalue weighted by atomic mass is 35.5. The molecule has 3 amide bonds. The second kappa shape index (κ2) is 39.0. The summed E-state index contributed by atoms with van der Waals surface area (Å²) >= 11 is 26.7. The number of benzene rings is 8. The molecule has 0 saturated carbocycles. The fraction of sp³-hybridized carbons (Fsp3) is 0.352. The minimum Gasteiger partial charge on any atom is -0.490 e.